The molecule has 1 aliphatic carbocycles. The first-order chi connectivity index (χ1) is 20.2. The van der Waals surface area contributed by atoms with Gasteiger partial charge in [0.2, 0.25) is 0 Å². The Morgan fingerprint density at radius 2 is 1.29 bits per heavy atom. The van der Waals surface area contributed by atoms with Crippen LogP contribution in [0.5, 0.6) is 0 Å². The van der Waals surface area contributed by atoms with E-state index in [2.05, 4.69) is 134 Å². The van der Waals surface area contributed by atoms with Gasteiger partial charge in [-0.3, -0.25) is 0 Å². The number of fused-ring (bicyclic) bond motifs is 6. The monoisotopic (exact) mass is 526 g/mol. The van der Waals surface area contributed by atoms with Gasteiger partial charge in [-0.1, -0.05) is 128 Å². The number of benzene rings is 6. The van der Waals surface area contributed by atoms with Gasteiger partial charge >= 0.3 is 0 Å². The molecule has 0 saturated heterocycles. The molecule has 1 aliphatic rings. The lowest BCUT2D eigenvalue weighted by molar-refractivity contribution is 0.659. The van der Waals surface area contributed by atoms with E-state index in [9.17, 15) is 0 Å². The highest BCUT2D eigenvalue weighted by molar-refractivity contribution is 6.06. The van der Waals surface area contributed by atoms with Gasteiger partial charge in [-0.05, 0) is 75.0 Å². The summed E-state index contributed by atoms with van der Waals surface area (Å²) in [4.78, 5) is 0. The fraction of sp³-hybridized carbons (Fsp3) is 0.100. The Balaban J connectivity index is 1.27. The molecule has 1 nitrogen and oxygen atoms in total. The van der Waals surface area contributed by atoms with Crippen molar-refractivity contribution in [3.8, 4) is 22.3 Å². The second kappa shape index (κ2) is 9.64. The van der Waals surface area contributed by atoms with Crippen LogP contribution in [0.25, 0.3) is 44.2 Å². The molecule has 0 radical (unpaired) electrons. The molecule has 0 saturated carbocycles. The lowest BCUT2D eigenvalue weighted by Gasteiger charge is -2.20. The molecule has 6 aromatic carbocycles. The van der Waals surface area contributed by atoms with E-state index in [4.69, 9.17) is 4.42 Å². The molecular weight excluding hydrogens is 496 g/mol. The smallest absolute Gasteiger partial charge is 0.139 e. The standard InChI is InChI=1S/C40H30O/c1-26(32-15-9-16-35-34-14-7-8-17-39(34)41-40(32)35)36-24-31-23-30-12-5-6-13-33(30)38(31)25-37(36)29-20-18-28(19-21-29)22-27-10-3-2-4-11-27/h2-21,24-26H,22-23H2,1H3. The summed E-state index contributed by atoms with van der Waals surface area (Å²) >= 11 is 0. The van der Waals surface area contributed by atoms with Gasteiger partial charge < -0.3 is 4.42 Å². The molecule has 0 amide bonds. The summed E-state index contributed by atoms with van der Waals surface area (Å²) in [5.74, 6) is 0.160. The van der Waals surface area contributed by atoms with Crippen molar-refractivity contribution in [2.45, 2.75) is 25.7 Å². The topological polar surface area (TPSA) is 13.1 Å². The minimum absolute atomic E-state index is 0.160. The second-order valence-electron chi connectivity index (χ2n) is 11.3. The molecule has 8 rings (SSSR count). The van der Waals surface area contributed by atoms with Crippen molar-refractivity contribution < 1.29 is 4.42 Å². The first-order valence-corrected chi connectivity index (χ1v) is 14.5. The van der Waals surface area contributed by atoms with Crippen LogP contribution in [0, 0.1) is 0 Å². The quantitative estimate of drug-likeness (QED) is 0.217. The highest BCUT2D eigenvalue weighted by atomic mass is 16.3. The Morgan fingerprint density at radius 3 is 2.17 bits per heavy atom. The van der Waals surface area contributed by atoms with Crippen molar-refractivity contribution in [3.63, 3.8) is 0 Å². The Labute approximate surface area is 240 Å². The molecule has 0 fully saturated rings. The summed E-state index contributed by atoms with van der Waals surface area (Å²) in [6.45, 7) is 2.33. The van der Waals surface area contributed by atoms with Gasteiger partial charge in [0, 0.05) is 22.3 Å². The highest BCUT2D eigenvalue weighted by Gasteiger charge is 2.25. The van der Waals surface area contributed by atoms with Crippen molar-refractivity contribution in [2.24, 2.45) is 0 Å². The fourth-order valence-corrected chi connectivity index (χ4v) is 6.72. The van der Waals surface area contributed by atoms with Crippen LogP contribution in [0.1, 0.15) is 46.2 Å². The summed E-state index contributed by atoms with van der Waals surface area (Å²) in [6, 6.07) is 48.6. The zero-order chi connectivity index (χ0) is 27.3. The molecule has 1 unspecified atom stereocenters. The molecule has 1 heteroatoms. The van der Waals surface area contributed by atoms with Crippen LogP contribution in [-0.2, 0) is 12.8 Å². The van der Waals surface area contributed by atoms with Crippen LogP contribution >= 0.6 is 0 Å². The van der Waals surface area contributed by atoms with Gasteiger partial charge in [-0.25, -0.2) is 0 Å². The molecule has 0 spiro atoms. The predicted octanol–water partition coefficient (Wildman–Crippen LogP) is 10.6. The van der Waals surface area contributed by atoms with E-state index in [1.54, 1.807) is 0 Å². The molecule has 0 N–H and O–H groups in total. The SMILES string of the molecule is CC(c1cc2c(cc1-c1ccc(Cc3ccccc3)cc1)-c1ccccc1C2)c1cccc2c1oc1ccccc12. The van der Waals surface area contributed by atoms with Gasteiger partial charge in [-0.15, -0.1) is 0 Å². The Morgan fingerprint density at radius 1 is 0.561 bits per heavy atom. The minimum Gasteiger partial charge on any atom is -0.456 e. The Hall–Kier alpha value is -4.88. The van der Waals surface area contributed by atoms with Crippen LogP contribution in [-0.4, -0.2) is 0 Å². The first-order valence-electron chi connectivity index (χ1n) is 14.5. The predicted molar refractivity (Wildman–Crippen MR) is 171 cm³/mol. The van der Waals surface area contributed by atoms with Crippen molar-refractivity contribution >= 4 is 21.9 Å². The van der Waals surface area contributed by atoms with Crippen LogP contribution in [0.3, 0.4) is 0 Å². The van der Waals surface area contributed by atoms with Gasteiger partial charge in [0.05, 0.1) is 0 Å². The molecule has 0 bridgehead atoms. The third kappa shape index (κ3) is 4.08. The second-order valence-corrected chi connectivity index (χ2v) is 11.3. The fourth-order valence-electron chi connectivity index (χ4n) is 6.72. The van der Waals surface area contributed by atoms with Crippen molar-refractivity contribution in [2.75, 3.05) is 0 Å². The van der Waals surface area contributed by atoms with Gasteiger partial charge in [0.15, 0.2) is 0 Å². The number of rotatable bonds is 5. The zero-order valence-electron chi connectivity index (χ0n) is 23.1. The molecule has 1 atom stereocenters. The van der Waals surface area contributed by atoms with Gasteiger partial charge in [-0.2, -0.15) is 0 Å². The maximum absolute atomic E-state index is 6.49. The molecule has 196 valence electrons. The van der Waals surface area contributed by atoms with E-state index in [1.165, 1.54) is 66.4 Å². The van der Waals surface area contributed by atoms with E-state index in [0.717, 1.165) is 24.0 Å². The summed E-state index contributed by atoms with van der Waals surface area (Å²) in [7, 11) is 0. The molecule has 1 aromatic heterocycles. The normalized spacial score (nSPS) is 12.9. The van der Waals surface area contributed by atoms with Crippen molar-refractivity contribution in [1.82, 2.24) is 0 Å². The minimum atomic E-state index is 0.160. The summed E-state index contributed by atoms with van der Waals surface area (Å²) < 4.78 is 6.49. The van der Waals surface area contributed by atoms with Crippen molar-refractivity contribution in [3.05, 3.63) is 167 Å². The summed E-state index contributed by atoms with van der Waals surface area (Å²) in [5.41, 5.74) is 15.3. The molecule has 0 aliphatic heterocycles. The van der Waals surface area contributed by atoms with E-state index in [1.807, 2.05) is 6.07 Å². The van der Waals surface area contributed by atoms with Crippen LogP contribution < -0.4 is 0 Å². The number of para-hydroxylation sites is 2. The van der Waals surface area contributed by atoms with Crippen molar-refractivity contribution in [1.29, 1.82) is 0 Å². The van der Waals surface area contributed by atoms with E-state index < -0.39 is 0 Å². The number of furan rings is 1. The van der Waals surface area contributed by atoms with E-state index in [-0.39, 0.29) is 5.92 Å². The lowest BCUT2D eigenvalue weighted by Crippen LogP contribution is -2.01. The Kier molecular flexibility index (Phi) is 5.63. The number of hydrogen-bond acceptors (Lipinski definition) is 1. The van der Waals surface area contributed by atoms with Gasteiger partial charge in [0.25, 0.3) is 0 Å². The molecular formula is C40H30O. The highest BCUT2D eigenvalue weighted by Crippen LogP contribution is 2.45. The first kappa shape index (κ1) is 24.0. The van der Waals surface area contributed by atoms with Crippen LogP contribution in [0.4, 0.5) is 0 Å². The Bertz CT molecular complexity index is 2040. The van der Waals surface area contributed by atoms with E-state index in [0.29, 0.717) is 0 Å². The van der Waals surface area contributed by atoms with Gasteiger partial charge in [0.1, 0.15) is 11.2 Å². The number of hydrogen-bond donors (Lipinski definition) is 0. The van der Waals surface area contributed by atoms with Crippen LogP contribution in [0.2, 0.25) is 0 Å². The van der Waals surface area contributed by atoms with E-state index >= 15 is 0 Å². The summed E-state index contributed by atoms with van der Waals surface area (Å²) in [6.07, 6.45) is 1.92. The largest absolute Gasteiger partial charge is 0.456 e. The molecule has 41 heavy (non-hydrogen) atoms. The average Bonchev–Trinajstić information content (AvgIpc) is 3.59. The maximum Gasteiger partial charge on any atom is 0.139 e. The maximum atomic E-state index is 6.49. The third-order valence-electron chi connectivity index (χ3n) is 8.85. The molecule has 7 aromatic rings. The average molecular weight is 527 g/mol. The summed E-state index contributed by atoms with van der Waals surface area (Å²) in [5, 5.41) is 2.36. The van der Waals surface area contributed by atoms with Crippen LogP contribution in [0.15, 0.2) is 138 Å². The molecule has 1 heterocycles. The lowest BCUT2D eigenvalue weighted by atomic mass is 9.83. The third-order valence-corrected chi connectivity index (χ3v) is 8.85. The zero-order valence-corrected chi connectivity index (χ0v) is 23.1.